The summed E-state index contributed by atoms with van der Waals surface area (Å²) in [6, 6.07) is 5.72. The SMILES string of the molecule is C#Cc1c(F)ccc2cc(O)cc(-c3nc(OC)c4c(N5CC6CCC(C5)N6)nc(OCC5(CN6CCC(C7CC7)(C(F)(F)F)CC6)CC5)nc4c3F)c12. The van der Waals surface area contributed by atoms with Gasteiger partial charge in [0, 0.05) is 48.1 Å². The van der Waals surface area contributed by atoms with Crippen LogP contribution in [-0.4, -0.2) is 89.7 Å². The second-order valence-corrected chi connectivity index (χ2v) is 16.0. The van der Waals surface area contributed by atoms with Crippen molar-refractivity contribution in [3.63, 3.8) is 0 Å². The molecule has 5 aliphatic rings. The van der Waals surface area contributed by atoms with Crippen molar-refractivity contribution in [3.8, 4) is 41.2 Å². The fraction of sp³-hybridized carbons (Fsp3) is 0.525. The lowest BCUT2D eigenvalue weighted by Crippen LogP contribution is -2.51. The van der Waals surface area contributed by atoms with Crippen molar-refractivity contribution in [2.24, 2.45) is 16.7 Å². The van der Waals surface area contributed by atoms with Gasteiger partial charge < -0.3 is 29.7 Å². The molecule has 9 nitrogen and oxygen atoms in total. The number of halogens is 5. The monoisotopic (exact) mass is 748 g/mol. The maximum absolute atomic E-state index is 17.2. The first-order valence-corrected chi connectivity index (χ1v) is 18.7. The average Bonchev–Trinajstić information content (AvgIpc) is 4.10. The van der Waals surface area contributed by atoms with Crippen LogP contribution in [0.2, 0.25) is 0 Å². The lowest BCUT2D eigenvalue weighted by atomic mass is 9.73. The second kappa shape index (κ2) is 12.8. The number of fused-ring (bicyclic) bond motifs is 4. The molecular weight excluding hydrogens is 707 g/mol. The van der Waals surface area contributed by atoms with Crippen LogP contribution in [0.5, 0.6) is 17.6 Å². The van der Waals surface area contributed by atoms with Crippen molar-refractivity contribution in [1.82, 2.24) is 25.2 Å². The Bertz CT molecular complexity index is 2180. The van der Waals surface area contributed by atoms with Crippen molar-refractivity contribution in [2.75, 3.05) is 51.3 Å². The number of benzene rings is 2. The van der Waals surface area contributed by atoms with Crippen LogP contribution < -0.4 is 19.7 Å². The number of piperidine rings is 1. The molecule has 2 bridgehead atoms. The van der Waals surface area contributed by atoms with Crippen molar-refractivity contribution < 1.29 is 36.5 Å². The molecular formula is C40H41F5N6O3. The van der Waals surface area contributed by atoms with Gasteiger partial charge in [-0.05, 0) is 94.0 Å². The number of aromatic nitrogens is 3. The molecule has 5 heterocycles. The second-order valence-electron chi connectivity index (χ2n) is 16.0. The number of phenolic OH excluding ortho intramolecular Hbond substituents is 1. The number of nitrogens with zero attached hydrogens (tertiary/aromatic N) is 5. The van der Waals surface area contributed by atoms with E-state index in [4.69, 9.17) is 20.9 Å². The standard InChI is InChI=1S/C40H41F5N6O3/c1-3-27-29(41)9-4-22-16-26(52)17-28(30(22)27)33-32(42)34-31(36(47-33)53-2)35(51-18-24-7-8-25(19-51)46-24)49-37(48-34)54-21-38(10-11-38)20-50-14-12-39(13-15-50,23-5-6-23)40(43,44)45/h1,4,9,16-17,23-25,46,52H,5-8,10-15,18-21H2,2H3. The molecule has 2 aromatic carbocycles. The fourth-order valence-electron chi connectivity index (χ4n) is 9.33. The minimum absolute atomic E-state index is 0.0360. The van der Waals surface area contributed by atoms with E-state index in [0.717, 1.165) is 25.7 Å². The number of pyridine rings is 1. The topological polar surface area (TPSA) is 95.9 Å². The molecule has 2 saturated carbocycles. The summed E-state index contributed by atoms with van der Waals surface area (Å²) in [5.41, 5.74) is -2.26. The molecule has 14 heteroatoms. The van der Waals surface area contributed by atoms with Gasteiger partial charge in [-0.1, -0.05) is 12.0 Å². The van der Waals surface area contributed by atoms with Crippen LogP contribution in [0.15, 0.2) is 24.3 Å². The van der Waals surface area contributed by atoms with Crippen LogP contribution in [-0.2, 0) is 0 Å². The van der Waals surface area contributed by atoms with Crippen molar-refractivity contribution in [2.45, 2.75) is 69.6 Å². The number of hydrogen-bond acceptors (Lipinski definition) is 9. The predicted molar refractivity (Wildman–Crippen MR) is 193 cm³/mol. The molecule has 0 spiro atoms. The normalized spacial score (nSPS) is 23.5. The number of methoxy groups -OCH3 is 1. The first-order valence-electron chi connectivity index (χ1n) is 18.7. The number of anilines is 1. The molecule has 0 radical (unpaired) electrons. The van der Waals surface area contributed by atoms with Gasteiger partial charge in [0.25, 0.3) is 0 Å². The third-order valence-corrected chi connectivity index (χ3v) is 12.6. The maximum atomic E-state index is 17.2. The van der Waals surface area contributed by atoms with E-state index in [9.17, 15) is 18.3 Å². The van der Waals surface area contributed by atoms with Crippen molar-refractivity contribution >= 4 is 27.5 Å². The number of ether oxygens (including phenoxy) is 2. The van der Waals surface area contributed by atoms with E-state index in [1.165, 1.54) is 31.4 Å². The van der Waals surface area contributed by atoms with Gasteiger partial charge >= 0.3 is 12.2 Å². The quantitative estimate of drug-likeness (QED) is 0.139. The van der Waals surface area contributed by atoms with E-state index < -0.39 is 23.2 Å². The third kappa shape index (κ3) is 5.95. The summed E-state index contributed by atoms with van der Waals surface area (Å²) < 4.78 is 86.9. The van der Waals surface area contributed by atoms with E-state index in [1.54, 1.807) is 0 Å². The number of piperazine rings is 1. The summed E-state index contributed by atoms with van der Waals surface area (Å²) in [6.07, 6.45) is 6.72. The lowest BCUT2D eigenvalue weighted by Gasteiger charge is -2.44. The number of likely N-dealkylation sites (tertiary alicyclic amines) is 1. The van der Waals surface area contributed by atoms with Gasteiger partial charge in [-0.15, -0.1) is 6.42 Å². The van der Waals surface area contributed by atoms with E-state index in [1.807, 2.05) is 0 Å². The summed E-state index contributed by atoms with van der Waals surface area (Å²) in [5.74, 6) is 0.815. The predicted octanol–water partition coefficient (Wildman–Crippen LogP) is 6.97. The highest BCUT2D eigenvalue weighted by atomic mass is 19.4. The molecule has 2 N–H and O–H groups in total. The molecule has 2 aliphatic carbocycles. The highest BCUT2D eigenvalue weighted by Gasteiger charge is 2.62. The Hall–Kier alpha value is -4.48. The van der Waals surface area contributed by atoms with Crippen LogP contribution in [0.25, 0.3) is 32.9 Å². The van der Waals surface area contributed by atoms with Gasteiger partial charge in [0.2, 0.25) is 5.88 Å². The zero-order valence-electron chi connectivity index (χ0n) is 29.9. The van der Waals surface area contributed by atoms with Gasteiger partial charge in [-0.2, -0.15) is 23.1 Å². The number of alkyl halides is 3. The number of phenols is 1. The van der Waals surface area contributed by atoms with Gasteiger partial charge in [-0.25, -0.2) is 13.8 Å². The van der Waals surface area contributed by atoms with Crippen molar-refractivity contribution in [3.05, 3.63) is 41.5 Å². The summed E-state index contributed by atoms with van der Waals surface area (Å²) in [6.45, 7) is 2.80. The lowest BCUT2D eigenvalue weighted by molar-refractivity contribution is -0.246. The third-order valence-electron chi connectivity index (χ3n) is 12.6. The van der Waals surface area contributed by atoms with Gasteiger partial charge in [-0.3, -0.25) is 0 Å². The first-order chi connectivity index (χ1) is 25.9. The molecule has 3 aliphatic heterocycles. The molecule has 0 amide bonds. The molecule has 284 valence electrons. The maximum Gasteiger partial charge on any atom is 0.394 e. The van der Waals surface area contributed by atoms with Crippen molar-refractivity contribution in [1.29, 1.82) is 0 Å². The van der Waals surface area contributed by atoms with E-state index in [0.29, 0.717) is 56.8 Å². The molecule has 4 aromatic rings. The minimum atomic E-state index is -4.20. The van der Waals surface area contributed by atoms with E-state index in [2.05, 4.69) is 31.0 Å². The molecule has 2 atom stereocenters. The molecule has 5 fully saturated rings. The smallest absolute Gasteiger partial charge is 0.394 e. The number of aromatic hydroxyl groups is 1. The van der Waals surface area contributed by atoms with Gasteiger partial charge in [0.05, 0.1) is 24.7 Å². The minimum Gasteiger partial charge on any atom is -0.508 e. The van der Waals surface area contributed by atoms with Gasteiger partial charge in [0.15, 0.2) is 5.82 Å². The van der Waals surface area contributed by atoms with Crippen LogP contribution in [0.3, 0.4) is 0 Å². The summed E-state index contributed by atoms with van der Waals surface area (Å²) >= 11 is 0. The average molecular weight is 749 g/mol. The molecule has 54 heavy (non-hydrogen) atoms. The number of nitrogens with one attached hydrogen (secondary N) is 1. The fourth-order valence-corrected chi connectivity index (χ4v) is 9.33. The zero-order chi connectivity index (χ0) is 37.6. The summed E-state index contributed by atoms with van der Waals surface area (Å²) in [5, 5.41) is 15.1. The Balaban J connectivity index is 1.08. The first kappa shape index (κ1) is 35.2. The van der Waals surface area contributed by atoms with E-state index in [-0.39, 0.29) is 93.6 Å². The Morgan fingerprint density at radius 3 is 2.33 bits per heavy atom. The molecule has 2 aromatic heterocycles. The summed E-state index contributed by atoms with van der Waals surface area (Å²) in [4.78, 5) is 18.2. The van der Waals surface area contributed by atoms with E-state index >= 15 is 8.78 Å². The number of hydrogen-bond donors (Lipinski definition) is 2. The largest absolute Gasteiger partial charge is 0.508 e. The highest BCUT2D eigenvalue weighted by molar-refractivity contribution is 6.04. The Morgan fingerprint density at radius 2 is 1.70 bits per heavy atom. The Kier molecular flexibility index (Phi) is 8.35. The van der Waals surface area contributed by atoms with Crippen LogP contribution in [0.4, 0.5) is 27.8 Å². The van der Waals surface area contributed by atoms with Crippen LogP contribution in [0.1, 0.15) is 56.9 Å². The highest BCUT2D eigenvalue weighted by Crippen LogP contribution is 2.60. The number of terminal acetylenes is 1. The Labute approximate surface area is 309 Å². The molecule has 3 saturated heterocycles. The molecule has 2 unspecified atom stereocenters. The molecule has 9 rings (SSSR count). The van der Waals surface area contributed by atoms with Crippen LogP contribution in [0, 0.1) is 40.7 Å². The zero-order valence-corrected chi connectivity index (χ0v) is 29.9. The number of rotatable bonds is 9. The van der Waals surface area contributed by atoms with Crippen LogP contribution >= 0.6 is 0 Å². The summed E-state index contributed by atoms with van der Waals surface area (Å²) in [7, 11) is 1.41. The van der Waals surface area contributed by atoms with Gasteiger partial charge in [0.1, 0.15) is 34.0 Å². The Morgan fingerprint density at radius 1 is 0.981 bits per heavy atom.